The van der Waals surface area contributed by atoms with Crippen molar-refractivity contribution >= 4 is 16.4 Å². The molecule has 0 saturated carbocycles. The number of nitrogens with two attached hydrogens (primary N) is 1. The van der Waals surface area contributed by atoms with E-state index in [0.717, 1.165) is 25.7 Å². The third kappa shape index (κ3) is 12.7. The van der Waals surface area contributed by atoms with Crippen LogP contribution in [0.3, 0.4) is 0 Å². The molecular formula is C28H50NNaO19S. The fraction of sp³-hybridized carbons (Fsp3) is 0.964. The van der Waals surface area contributed by atoms with Crippen LogP contribution in [0, 0.1) is 0 Å². The van der Waals surface area contributed by atoms with Crippen LogP contribution in [0.2, 0.25) is 0 Å². The van der Waals surface area contributed by atoms with Crippen LogP contribution in [-0.2, 0) is 52.5 Å². The van der Waals surface area contributed by atoms with Gasteiger partial charge in [0.25, 0.3) is 0 Å². The van der Waals surface area contributed by atoms with Crippen molar-refractivity contribution in [2.24, 2.45) is 5.73 Å². The van der Waals surface area contributed by atoms with E-state index in [1.54, 1.807) is 0 Å². The quantitative estimate of drug-likeness (QED) is 0.0212. The van der Waals surface area contributed by atoms with Crippen molar-refractivity contribution < 1.29 is 120 Å². The summed E-state index contributed by atoms with van der Waals surface area (Å²) in [6, 6.07) is -1.32. The Hall–Kier alpha value is -0.220. The third-order valence-corrected chi connectivity index (χ3v) is 9.06. The second kappa shape index (κ2) is 21.6. The van der Waals surface area contributed by atoms with Gasteiger partial charge in [0, 0.05) is 13.0 Å². The van der Waals surface area contributed by atoms with Crippen molar-refractivity contribution in [3.63, 3.8) is 0 Å². The molecule has 3 rings (SSSR count). The summed E-state index contributed by atoms with van der Waals surface area (Å²) in [5.41, 5.74) is 6.49. The number of hydrogen-bond acceptors (Lipinski definition) is 20. The van der Waals surface area contributed by atoms with Crippen LogP contribution >= 0.6 is 0 Å². The van der Waals surface area contributed by atoms with Crippen LogP contribution in [-0.4, -0.2) is 174 Å². The Bertz CT molecular complexity index is 1110. The Morgan fingerprint density at radius 3 is 1.90 bits per heavy atom. The number of unbranched alkanes of at least 4 members (excludes halogenated alkanes) is 5. The van der Waals surface area contributed by atoms with E-state index in [1.807, 2.05) is 0 Å². The maximum Gasteiger partial charge on any atom is 1.00 e. The molecule has 3 heterocycles. The summed E-state index contributed by atoms with van der Waals surface area (Å²) in [4.78, 5) is 11.2. The fourth-order valence-corrected chi connectivity index (χ4v) is 6.29. The van der Waals surface area contributed by atoms with Gasteiger partial charge >= 0.3 is 35.5 Å². The van der Waals surface area contributed by atoms with Crippen LogP contribution in [0.1, 0.15) is 51.9 Å². The zero-order valence-electron chi connectivity index (χ0n) is 28.2. The normalized spacial score (nSPS) is 39.5. The second-order valence-corrected chi connectivity index (χ2v) is 13.2. The van der Waals surface area contributed by atoms with Crippen LogP contribution in [0.25, 0.3) is 0 Å². The molecule has 15 atom stereocenters. The topological polar surface area (TPSA) is 316 Å². The number of ether oxygens (including phenoxy) is 7. The van der Waals surface area contributed by atoms with Crippen LogP contribution < -0.4 is 35.3 Å². The molecule has 0 aromatic carbocycles. The molecule has 3 saturated heterocycles. The van der Waals surface area contributed by atoms with Crippen molar-refractivity contribution in [2.75, 3.05) is 26.9 Å². The van der Waals surface area contributed by atoms with E-state index < -0.39 is 116 Å². The molecule has 0 radical (unpaired) electrons. The molecule has 0 aromatic heterocycles. The molecule has 288 valence electrons. The third-order valence-electron chi connectivity index (χ3n) is 8.60. The molecule has 0 aliphatic carbocycles. The smallest absolute Gasteiger partial charge is 0.726 e. The summed E-state index contributed by atoms with van der Waals surface area (Å²) in [5, 5.41) is 72.3. The Kier molecular flexibility index (Phi) is 19.9. The number of carbonyl (C=O) groups excluding carboxylic acids is 1. The van der Waals surface area contributed by atoms with E-state index in [0.29, 0.717) is 19.3 Å². The molecule has 20 nitrogen and oxygen atoms in total. The minimum absolute atomic E-state index is 0. The molecular weight excluding hydrogens is 709 g/mol. The zero-order chi connectivity index (χ0) is 36.5. The van der Waals surface area contributed by atoms with Gasteiger partial charge in [-0.15, -0.1) is 0 Å². The minimum Gasteiger partial charge on any atom is -0.726 e. The number of carbonyl (C=O) groups is 1. The molecule has 50 heavy (non-hydrogen) atoms. The SMILES string of the molecule is COC(=O)CCCCCCCCO[C@@H]1O[C@H](CO)[C@@H](O[C@@H]2O[C@@H](C)[C@@H](O)[C@@H](O)[C@@H]2O)[C@H](O[C@@H]2O[C@H](CO)[C@H](O)[C@H](OS(=O)(=O)[O-])[C@H]2O)[C@H]1N.[Na+]. The van der Waals surface area contributed by atoms with Gasteiger partial charge in [-0.05, 0) is 19.8 Å². The van der Waals surface area contributed by atoms with Crippen LogP contribution in [0.4, 0.5) is 0 Å². The Morgan fingerprint density at radius 2 is 1.30 bits per heavy atom. The van der Waals surface area contributed by atoms with Crippen molar-refractivity contribution in [2.45, 2.75) is 144 Å². The molecule has 0 spiro atoms. The number of rotatable bonds is 18. The van der Waals surface area contributed by atoms with Gasteiger partial charge in [-0.1, -0.05) is 25.7 Å². The first-order valence-corrected chi connectivity index (χ1v) is 17.4. The van der Waals surface area contributed by atoms with E-state index in [1.165, 1.54) is 14.0 Å². The first kappa shape index (κ1) is 45.9. The first-order chi connectivity index (χ1) is 23.1. The van der Waals surface area contributed by atoms with Gasteiger partial charge in [-0.2, -0.15) is 0 Å². The molecule has 22 heteroatoms. The van der Waals surface area contributed by atoms with Crippen LogP contribution in [0.5, 0.6) is 0 Å². The maximum atomic E-state index is 11.4. The van der Waals surface area contributed by atoms with Gasteiger partial charge in [0.1, 0.15) is 61.0 Å². The molecule has 0 amide bonds. The summed E-state index contributed by atoms with van der Waals surface area (Å²) in [5.74, 6) is -0.263. The van der Waals surface area contributed by atoms with E-state index in [9.17, 15) is 53.5 Å². The van der Waals surface area contributed by atoms with Crippen molar-refractivity contribution in [1.29, 1.82) is 0 Å². The van der Waals surface area contributed by atoms with Crippen molar-refractivity contribution in [1.82, 2.24) is 0 Å². The predicted octanol–water partition coefficient (Wildman–Crippen LogP) is -7.16. The standard InChI is InChI=1S/C28H51NO19S.Na/c1-13-18(33)20(35)21(36)27(43-13)46-23-15(12-31)45-26(42-10-8-6-4-3-5-7-9-16(32)41-2)17(29)24(23)47-28-22(37)25(48-49(38,39)40)19(34)14(11-30)44-28;/h13-15,17-28,30-31,33-37H,3-12,29H2,1-2H3,(H,38,39,40);/q;+1/p-1/t13-,14+,15+,17+,18+,19-,20+,21-,22+,23+,24+,25-,26+,27-,28-;/m0./s1. The predicted molar refractivity (Wildman–Crippen MR) is 158 cm³/mol. The average Bonchev–Trinajstić information content (AvgIpc) is 3.06. The monoisotopic (exact) mass is 759 g/mol. The number of aliphatic hydroxyl groups is 7. The number of esters is 1. The maximum absolute atomic E-state index is 11.4. The summed E-state index contributed by atoms with van der Waals surface area (Å²) >= 11 is 0. The van der Waals surface area contributed by atoms with Gasteiger partial charge in [0.05, 0.1) is 32.5 Å². The molecule has 3 aliphatic rings. The van der Waals surface area contributed by atoms with E-state index in [-0.39, 0.29) is 42.1 Å². The van der Waals surface area contributed by atoms with E-state index in [2.05, 4.69) is 8.92 Å². The molecule has 3 aliphatic heterocycles. The summed E-state index contributed by atoms with van der Waals surface area (Å²) in [7, 11) is -4.14. The largest absolute Gasteiger partial charge is 1.00 e. The summed E-state index contributed by atoms with van der Waals surface area (Å²) < 4.78 is 77.6. The average molecular weight is 760 g/mol. The Labute approximate surface area is 312 Å². The molecule has 0 bridgehead atoms. The van der Waals surface area contributed by atoms with Gasteiger partial charge < -0.3 is 79.2 Å². The summed E-state index contributed by atoms with van der Waals surface area (Å²) in [6.45, 7) is -0.136. The molecule has 3 fully saturated rings. The number of methoxy groups -OCH3 is 1. The molecule has 0 aromatic rings. The minimum atomic E-state index is -5.48. The Balaban J connectivity index is 0.00000867. The van der Waals surface area contributed by atoms with Gasteiger partial charge in [0.2, 0.25) is 10.4 Å². The molecule has 9 N–H and O–H groups in total. The molecule has 0 unspecified atom stereocenters. The Morgan fingerprint density at radius 1 is 0.740 bits per heavy atom. The second-order valence-electron chi connectivity index (χ2n) is 12.2. The van der Waals surface area contributed by atoms with Gasteiger partial charge in [-0.25, -0.2) is 8.42 Å². The fourth-order valence-electron chi connectivity index (χ4n) is 5.79. The number of hydrogen-bond donors (Lipinski definition) is 8. The first-order valence-electron chi connectivity index (χ1n) is 16.1. The number of aliphatic hydroxyl groups excluding tert-OH is 7. The van der Waals surface area contributed by atoms with Crippen molar-refractivity contribution in [3.05, 3.63) is 0 Å². The van der Waals surface area contributed by atoms with Crippen LogP contribution in [0.15, 0.2) is 0 Å². The van der Waals surface area contributed by atoms with Gasteiger partial charge in [-0.3, -0.25) is 8.98 Å². The van der Waals surface area contributed by atoms with E-state index in [4.69, 9.17) is 34.2 Å². The van der Waals surface area contributed by atoms with Crippen molar-refractivity contribution in [3.8, 4) is 0 Å². The van der Waals surface area contributed by atoms with Gasteiger partial charge in [0.15, 0.2) is 18.9 Å². The zero-order valence-corrected chi connectivity index (χ0v) is 31.1. The summed E-state index contributed by atoms with van der Waals surface area (Å²) in [6.07, 6.45) is -18.1. The van der Waals surface area contributed by atoms with E-state index >= 15 is 0 Å².